The quantitative estimate of drug-likeness (QED) is 0.440. The fourth-order valence-corrected chi connectivity index (χ4v) is 0.346. The maximum absolute atomic E-state index is 11.3. The first-order valence-corrected chi connectivity index (χ1v) is 2.75. The Morgan fingerprint density at radius 3 is 1.14 bits per heavy atom. The molecule has 0 aliphatic rings. The first-order valence-electron chi connectivity index (χ1n) is 2.75. The standard InChI is InChI=1S/C5H2F6O2.Cd/c6-4(7,8)2(12)1-3(13)5(9,10)11;/h1H2;. The van der Waals surface area contributed by atoms with Gasteiger partial charge in [-0.3, -0.25) is 9.59 Å². The van der Waals surface area contributed by atoms with Gasteiger partial charge < -0.3 is 0 Å². The predicted octanol–water partition coefficient (Wildman–Crippen LogP) is 1.64. The topological polar surface area (TPSA) is 34.1 Å². The molecule has 0 heterocycles. The molecule has 0 spiro atoms. The summed E-state index contributed by atoms with van der Waals surface area (Å²) in [5, 5.41) is 0. The van der Waals surface area contributed by atoms with E-state index in [9.17, 15) is 35.9 Å². The Labute approximate surface area is 93.8 Å². The van der Waals surface area contributed by atoms with Crippen LogP contribution in [0.2, 0.25) is 0 Å². The molecule has 0 rings (SSSR count). The van der Waals surface area contributed by atoms with Crippen LogP contribution in [-0.2, 0) is 36.9 Å². The van der Waals surface area contributed by atoms with Crippen LogP contribution in [0.1, 0.15) is 6.42 Å². The third-order valence-electron chi connectivity index (χ3n) is 0.953. The zero-order chi connectivity index (χ0) is 10.9. The van der Waals surface area contributed by atoms with Gasteiger partial charge in [0.05, 0.1) is 6.42 Å². The molecule has 2 nitrogen and oxygen atoms in total. The molecule has 0 amide bonds. The first-order chi connectivity index (χ1) is 5.55. The fraction of sp³-hybridized carbons (Fsp3) is 0.600. The van der Waals surface area contributed by atoms with Crippen LogP contribution in [0.3, 0.4) is 0 Å². The molecule has 0 atom stereocenters. The van der Waals surface area contributed by atoms with Gasteiger partial charge in [-0.2, -0.15) is 26.3 Å². The smallest absolute Gasteiger partial charge is 0.289 e. The van der Waals surface area contributed by atoms with Crippen LogP contribution in [0, 0.1) is 0 Å². The van der Waals surface area contributed by atoms with Gasteiger partial charge >= 0.3 is 12.4 Å². The summed E-state index contributed by atoms with van der Waals surface area (Å²) in [4.78, 5) is 19.8. The van der Waals surface area contributed by atoms with E-state index in [0.29, 0.717) is 0 Å². The van der Waals surface area contributed by atoms with Crippen molar-refractivity contribution >= 4 is 11.6 Å². The molecule has 0 aromatic carbocycles. The Bertz CT molecular complexity index is 205. The second kappa shape index (κ2) is 5.07. The Kier molecular flexibility index (Phi) is 5.90. The Balaban J connectivity index is 0. The summed E-state index contributed by atoms with van der Waals surface area (Å²) >= 11 is 0. The summed E-state index contributed by atoms with van der Waals surface area (Å²) < 4.78 is 68.0. The second-order valence-electron chi connectivity index (χ2n) is 2.02. The number of carbonyl (C=O) groups is 2. The monoisotopic (exact) mass is 322 g/mol. The van der Waals surface area contributed by atoms with E-state index in [-0.39, 0.29) is 27.3 Å². The molecule has 0 unspecified atom stereocenters. The zero-order valence-electron chi connectivity index (χ0n) is 6.50. The van der Waals surface area contributed by atoms with Gasteiger partial charge in [0, 0.05) is 27.3 Å². The van der Waals surface area contributed by atoms with Crippen LogP contribution < -0.4 is 0 Å². The van der Waals surface area contributed by atoms with E-state index in [4.69, 9.17) is 0 Å². The van der Waals surface area contributed by atoms with Crippen molar-refractivity contribution in [3.05, 3.63) is 0 Å². The Morgan fingerprint density at radius 1 is 0.786 bits per heavy atom. The molecule has 0 fully saturated rings. The maximum Gasteiger partial charge on any atom is 0.450 e. The van der Waals surface area contributed by atoms with E-state index in [1.54, 1.807) is 0 Å². The van der Waals surface area contributed by atoms with Crippen LogP contribution in [0.5, 0.6) is 0 Å². The van der Waals surface area contributed by atoms with Crippen LogP contribution in [-0.4, -0.2) is 23.9 Å². The van der Waals surface area contributed by atoms with E-state index < -0.39 is 30.3 Å². The predicted molar refractivity (Wildman–Crippen MR) is 26.7 cm³/mol. The summed E-state index contributed by atoms with van der Waals surface area (Å²) in [5.41, 5.74) is 0. The van der Waals surface area contributed by atoms with Gasteiger partial charge in [-0.1, -0.05) is 0 Å². The van der Waals surface area contributed by atoms with Gasteiger partial charge in [0.1, 0.15) is 0 Å². The zero-order valence-corrected chi connectivity index (χ0v) is 10.5. The molecule has 0 aromatic rings. The maximum atomic E-state index is 11.3. The third-order valence-corrected chi connectivity index (χ3v) is 0.953. The number of carbonyl (C=O) groups excluding carboxylic acids is 2. The molecule has 78 valence electrons. The molecular weight excluding hydrogens is 318 g/mol. The summed E-state index contributed by atoms with van der Waals surface area (Å²) in [6.45, 7) is 0. The van der Waals surface area contributed by atoms with E-state index in [1.807, 2.05) is 0 Å². The SMILES string of the molecule is O=C(CC(=O)C(F)(F)F)C(F)(F)F.[Cd]. The summed E-state index contributed by atoms with van der Waals surface area (Å²) in [7, 11) is 0. The number of Topliss-reactive ketones (excluding diaryl/α,β-unsaturated/α-hetero) is 2. The van der Waals surface area contributed by atoms with Crippen molar-refractivity contribution in [3.8, 4) is 0 Å². The van der Waals surface area contributed by atoms with Crippen LogP contribution in [0.25, 0.3) is 0 Å². The van der Waals surface area contributed by atoms with E-state index in [1.165, 1.54) is 0 Å². The van der Waals surface area contributed by atoms with E-state index in [0.717, 1.165) is 0 Å². The number of ketones is 2. The number of rotatable bonds is 2. The molecule has 0 aromatic heterocycles. The van der Waals surface area contributed by atoms with Crippen LogP contribution >= 0.6 is 0 Å². The fourth-order valence-electron chi connectivity index (χ4n) is 0.346. The van der Waals surface area contributed by atoms with Crippen molar-refractivity contribution in [2.45, 2.75) is 18.8 Å². The Hall–Kier alpha value is -0.158. The molecule has 0 N–H and O–H groups in total. The van der Waals surface area contributed by atoms with Gasteiger partial charge in [-0.15, -0.1) is 0 Å². The van der Waals surface area contributed by atoms with Gasteiger partial charge in [0.25, 0.3) is 0 Å². The first kappa shape index (κ1) is 16.3. The minimum absolute atomic E-state index is 0. The molecule has 0 bridgehead atoms. The van der Waals surface area contributed by atoms with Crippen LogP contribution in [0.4, 0.5) is 26.3 Å². The summed E-state index contributed by atoms with van der Waals surface area (Å²) in [5.74, 6) is -5.40. The van der Waals surface area contributed by atoms with Gasteiger partial charge in [-0.25, -0.2) is 0 Å². The van der Waals surface area contributed by atoms with E-state index >= 15 is 0 Å². The number of alkyl halides is 6. The molecule has 0 aliphatic heterocycles. The summed E-state index contributed by atoms with van der Waals surface area (Å²) in [6, 6.07) is 0. The third kappa shape index (κ3) is 5.55. The molecular formula is C5H2CdF6O2. The number of halogens is 6. The average molecular weight is 320 g/mol. The van der Waals surface area contributed by atoms with Crippen molar-refractivity contribution in [2.24, 2.45) is 0 Å². The van der Waals surface area contributed by atoms with Crippen molar-refractivity contribution < 1.29 is 63.2 Å². The largest absolute Gasteiger partial charge is 0.450 e. The Morgan fingerprint density at radius 2 is 1.00 bits per heavy atom. The van der Waals surface area contributed by atoms with Gasteiger partial charge in [0.2, 0.25) is 11.6 Å². The van der Waals surface area contributed by atoms with Crippen molar-refractivity contribution in [3.63, 3.8) is 0 Å². The van der Waals surface area contributed by atoms with Crippen molar-refractivity contribution in [2.75, 3.05) is 0 Å². The molecule has 0 radical (unpaired) electrons. The van der Waals surface area contributed by atoms with Crippen molar-refractivity contribution in [1.82, 2.24) is 0 Å². The second-order valence-corrected chi connectivity index (χ2v) is 2.02. The minimum atomic E-state index is -5.40. The minimum Gasteiger partial charge on any atom is -0.289 e. The number of hydrogen-bond donors (Lipinski definition) is 0. The number of hydrogen-bond acceptors (Lipinski definition) is 2. The average Bonchev–Trinajstić information content (AvgIpc) is 1.82. The molecule has 0 saturated heterocycles. The molecule has 14 heavy (non-hydrogen) atoms. The van der Waals surface area contributed by atoms with Crippen LogP contribution in [0.15, 0.2) is 0 Å². The normalized spacial score (nSPS) is 11.9. The molecule has 0 saturated carbocycles. The van der Waals surface area contributed by atoms with E-state index in [2.05, 4.69) is 0 Å². The van der Waals surface area contributed by atoms with Crippen molar-refractivity contribution in [1.29, 1.82) is 0 Å². The molecule has 0 aliphatic carbocycles. The molecule has 9 heteroatoms. The summed E-state index contributed by atoms with van der Waals surface area (Å²) in [6.07, 6.45) is -13.0. The van der Waals surface area contributed by atoms with Gasteiger partial charge in [0.15, 0.2) is 0 Å². The van der Waals surface area contributed by atoms with Gasteiger partial charge in [-0.05, 0) is 0 Å².